The van der Waals surface area contributed by atoms with Crippen molar-refractivity contribution in [1.29, 1.82) is 0 Å². The third-order valence-corrected chi connectivity index (χ3v) is 2.70. The first-order chi connectivity index (χ1) is 9.02. The molecule has 0 radical (unpaired) electrons. The topological polar surface area (TPSA) is 70.6 Å². The molecule has 0 aliphatic heterocycles. The van der Waals surface area contributed by atoms with E-state index in [9.17, 15) is 9.90 Å². The van der Waals surface area contributed by atoms with Gasteiger partial charge >= 0.3 is 0 Å². The van der Waals surface area contributed by atoms with E-state index < -0.39 is 6.10 Å². The maximum atomic E-state index is 10.9. The molecular formula is C14H22N2O3. The summed E-state index contributed by atoms with van der Waals surface area (Å²) < 4.78 is 5.49. The summed E-state index contributed by atoms with van der Waals surface area (Å²) in [6.45, 7) is 6.41. The fourth-order valence-electron chi connectivity index (χ4n) is 1.62. The van der Waals surface area contributed by atoms with Gasteiger partial charge in [-0.05, 0) is 37.7 Å². The maximum absolute atomic E-state index is 10.9. The smallest absolute Gasteiger partial charge is 0.221 e. The third kappa shape index (κ3) is 5.72. The molecule has 5 heteroatoms. The number of aliphatic hydroxyl groups is 1. The number of amides is 1. The molecule has 0 unspecified atom stereocenters. The fraction of sp³-hybridized carbons (Fsp3) is 0.500. The van der Waals surface area contributed by atoms with Crippen molar-refractivity contribution in [2.75, 3.05) is 18.5 Å². The molecule has 106 valence electrons. The van der Waals surface area contributed by atoms with Crippen LogP contribution in [0, 0.1) is 0 Å². The van der Waals surface area contributed by atoms with Crippen LogP contribution in [0.15, 0.2) is 24.3 Å². The van der Waals surface area contributed by atoms with E-state index >= 15 is 0 Å². The molecule has 1 aromatic rings. The molecule has 0 aliphatic carbocycles. The van der Waals surface area contributed by atoms with Gasteiger partial charge in [-0.2, -0.15) is 0 Å². The molecule has 0 saturated heterocycles. The summed E-state index contributed by atoms with van der Waals surface area (Å²) in [5, 5.41) is 15.7. The Bertz CT molecular complexity index is 392. The molecule has 0 fully saturated rings. The highest BCUT2D eigenvalue weighted by Gasteiger charge is 2.13. The highest BCUT2D eigenvalue weighted by molar-refractivity contribution is 5.88. The van der Waals surface area contributed by atoms with E-state index in [-0.39, 0.29) is 18.6 Å². The Morgan fingerprint density at radius 1 is 1.37 bits per heavy atom. The summed E-state index contributed by atoms with van der Waals surface area (Å²) in [5.41, 5.74) is 0.724. The quantitative estimate of drug-likeness (QED) is 0.697. The Morgan fingerprint density at radius 2 is 2.00 bits per heavy atom. The minimum Gasteiger partial charge on any atom is -0.491 e. The van der Waals surface area contributed by atoms with Crippen molar-refractivity contribution in [3.63, 3.8) is 0 Å². The summed E-state index contributed by atoms with van der Waals surface area (Å²) in [6, 6.07) is 7.03. The number of likely N-dealkylation sites (N-methyl/N-ethyl adjacent to an activating group) is 1. The van der Waals surface area contributed by atoms with Crippen LogP contribution < -0.4 is 15.4 Å². The average Bonchev–Trinajstić information content (AvgIpc) is 2.37. The van der Waals surface area contributed by atoms with Gasteiger partial charge in [0.15, 0.2) is 0 Å². The Balaban J connectivity index is 2.43. The molecule has 3 N–H and O–H groups in total. The van der Waals surface area contributed by atoms with Crippen molar-refractivity contribution in [2.45, 2.75) is 32.9 Å². The van der Waals surface area contributed by atoms with E-state index in [2.05, 4.69) is 10.6 Å². The summed E-state index contributed by atoms with van der Waals surface area (Å²) >= 11 is 0. The maximum Gasteiger partial charge on any atom is 0.221 e. The standard InChI is InChI=1S/C14H22N2O3/c1-4-15-10(2)14(18)9-19-13-7-5-12(6-8-13)16-11(3)17/h5-8,10,14-15,18H,4,9H2,1-3H3,(H,16,17)/t10-,14-/m0/s1. The zero-order valence-electron chi connectivity index (χ0n) is 11.6. The van der Waals surface area contributed by atoms with Crippen LogP contribution in [0.2, 0.25) is 0 Å². The van der Waals surface area contributed by atoms with Crippen molar-refractivity contribution in [3.05, 3.63) is 24.3 Å². The summed E-state index contributed by atoms with van der Waals surface area (Å²) in [5.74, 6) is 0.556. The predicted octanol–water partition coefficient (Wildman–Crippen LogP) is 1.38. The Morgan fingerprint density at radius 3 is 2.53 bits per heavy atom. The molecule has 1 amide bonds. The minimum atomic E-state index is -0.560. The first kappa shape index (κ1) is 15.5. The molecule has 1 aromatic carbocycles. The van der Waals surface area contributed by atoms with Gasteiger partial charge in [0.2, 0.25) is 5.91 Å². The molecule has 5 nitrogen and oxygen atoms in total. The van der Waals surface area contributed by atoms with E-state index in [1.54, 1.807) is 24.3 Å². The van der Waals surface area contributed by atoms with Gasteiger partial charge in [0, 0.05) is 18.7 Å². The van der Waals surface area contributed by atoms with Crippen molar-refractivity contribution in [3.8, 4) is 5.75 Å². The molecule has 19 heavy (non-hydrogen) atoms. The van der Waals surface area contributed by atoms with Crippen LogP contribution in [-0.2, 0) is 4.79 Å². The Hall–Kier alpha value is -1.59. The molecule has 0 aromatic heterocycles. The Labute approximate surface area is 114 Å². The van der Waals surface area contributed by atoms with Crippen molar-refractivity contribution in [1.82, 2.24) is 5.32 Å². The van der Waals surface area contributed by atoms with Crippen molar-refractivity contribution < 1.29 is 14.6 Å². The number of hydrogen-bond acceptors (Lipinski definition) is 4. The van der Waals surface area contributed by atoms with E-state index in [0.29, 0.717) is 5.75 Å². The molecular weight excluding hydrogens is 244 g/mol. The normalized spacial score (nSPS) is 13.7. The molecule has 0 bridgehead atoms. The van der Waals surface area contributed by atoms with Gasteiger partial charge in [0.1, 0.15) is 18.5 Å². The van der Waals surface area contributed by atoms with Crippen LogP contribution in [0.4, 0.5) is 5.69 Å². The van der Waals surface area contributed by atoms with Gasteiger partial charge in [0.05, 0.1) is 0 Å². The van der Waals surface area contributed by atoms with Crippen LogP contribution in [-0.4, -0.2) is 36.3 Å². The van der Waals surface area contributed by atoms with Crippen molar-refractivity contribution >= 4 is 11.6 Å². The van der Waals surface area contributed by atoms with Gasteiger partial charge in [-0.3, -0.25) is 4.79 Å². The summed E-state index contributed by atoms with van der Waals surface area (Å²) in [6.07, 6.45) is -0.560. The van der Waals surface area contributed by atoms with Gasteiger partial charge in [-0.15, -0.1) is 0 Å². The third-order valence-electron chi connectivity index (χ3n) is 2.70. The predicted molar refractivity (Wildman–Crippen MR) is 75.4 cm³/mol. The zero-order valence-corrected chi connectivity index (χ0v) is 11.6. The number of anilines is 1. The van der Waals surface area contributed by atoms with Gasteiger partial charge in [-0.1, -0.05) is 6.92 Å². The second kappa shape index (κ2) is 7.76. The lowest BCUT2D eigenvalue weighted by atomic mass is 10.2. The minimum absolute atomic E-state index is 0.0105. The van der Waals surface area contributed by atoms with E-state index in [1.165, 1.54) is 6.92 Å². The second-order valence-electron chi connectivity index (χ2n) is 4.43. The molecule has 0 heterocycles. The fourth-order valence-corrected chi connectivity index (χ4v) is 1.62. The van der Waals surface area contributed by atoms with Gasteiger partial charge < -0.3 is 20.5 Å². The molecule has 2 atom stereocenters. The number of benzene rings is 1. The number of hydrogen-bond donors (Lipinski definition) is 3. The number of carbonyl (C=O) groups is 1. The number of nitrogens with one attached hydrogen (secondary N) is 2. The van der Waals surface area contributed by atoms with E-state index in [1.807, 2.05) is 13.8 Å². The van der Waals surface area contributed by atoms with Crippen molar-refractivity contribution in [2.24, 2.45) is 0 Å². The lowest BCUT2D eigenvalue weighted by molar-refractivity contribution is -0.114. The van der Waals surface area contributed by atoms with E-state index in [4.69, 9.17) is 4.74 Å². The lowest BCUT2D eigenvalue weighted by Gasteiger charge is -2.19. The first-order valence-electron chi connectivity index (χ1n) is 6.44. The molecule has 0 aliphatic rings. The van der Waals surface area contributed by atoms with Gasteiger partial charge in [0.25, 0.3) is 0 Å². The number of rotatable bonds is 7. The van der Waals surface area contributed by atoms with Crippen LogP contribution in [0.25, 0.3) is 0 Å². The zero-order chi connectivity index (χ0) is 14.3. The van der Waals surface area contributed by atoms with Gasteiger partial charge in [-0.25, -0.2) is 0 Å². The highest BCUT2D eigenvalue weighted by Crippen LogP contribution is 2.16. The van der Waals surface area contributed by atoms with E-state index in [0.717, 1.165) is 12.2 Å². The molecule has 0 saturated carbocycles. The van der Waals surface area contributed by atoms with Crippen LogP contribution in [0.1, 0.15) is 20.8 Å². The average molecular weight is 266 g/mol. The van der Waals surface area contributed by atoms with Crippen LogP contribution in [0.3, 0.4) is 0 Å². The Kier molecular flexibility index (Phi) is 6.32. The lowest BCUT2D eigenvalue weighted by Crippen LogP contribution is -2.40. The summed E-state index contributed by atoms with van der Waals surface area (Å²) in [4.78, 5) is 10.9. The first-order valence-corrected chi connectivity index (χ1v) is 6.44. The number of ether oxygens (including phenoxy) is 1. The number of aliphatic hydroxyl groups excluding tert-OH is 1. The molecule has 1 rings (SSSR count). The SMILES string of the molecule is CCN[C@@H](C)[C@@H](O)COc1ccc(NC(C)=O)cc1. The highest BCUT2D eigenvalue weighted by atomic mass is 16.5. The molecule has 0 spiro atoms. The number of carbonyl (C=O) groups excluding carboxylic acids is 1. The largest absolute Gasteiger partial charge is 0.491 e. The van der Waals surface area contributed by atoms with Crippen LogP contribution in [0.5, 0.6) is 5.75 Å². The monoisotopic (exact) mass is 266 g/mol. The second-order valence-corrected chi connectivity index (χ2v) is 4.43. The van der Waals surface area contributed by atoms with Crippen LogP contribution >= 0.6 is 0 Å². The summed E-state index contributed by atoms with van der Waals surface area (Å²) in [7, 11) is 0.